The molecule has 2 rings (SSSR count). The van der Waals surface area contributed by atoms with Crippen molar-refractivity contribution in [3.8, 4) is 5.75 Å². The van der Waals surface area contributed by atoms with E-state index in [-0.39, 0.29) is 12.1 Å². The van der Waals surface area contributed by atoms with Crippen LogP contribution in [0.2, 0.25) is 0 Å². The summed E-state index contributed by atoms with van der Waals surface area (Å²) in [7, 11) is 5.71. The fourth-order valence-electron chi connectivity index (χ4n) is 2.93. The molecule has 1 aliphatic rings. The number of nitrogens with zero attached hydrogens (tertiary/aromatic N) is 2. The van der Waals surface area contributed by atoms with Gasteiger partial charge in [-0.2, -0.15) is 0 Å². The maximum absolute atomic E-state index is 12.3. The minimum absolute atomic E-state index is 0.0334. The summed E-state index contributed by atoms with van der Waals surface area (Å²) in [4.78, 5) is 16.3. The number of benzene rings is 1. The van der Waals surface area contributed by atoms with Gasteiger partial charge >= 0.3 is 6.03 Å². The number of amides is 2. The van der Waals surface area contributed by atoms with Crippen molar-refractivity contribution in [2.75, 3.05) is 40.8 Å². The number of hydrogen-bond acceptors (Lipinski definition) is 3. The van der Waals surface area contributed by atoms with Crippen LogP contribution >= 0.6 is 0 Å². The molecule has 0 radical (unpaired) electrons. The number of methoxy groups -OCH3 is 1. The van der Waals surface area contributed by atoms with Gasteiger partial charge in [0.25, 0.3) is 0 Å². The lowest BCUT2D eigenvalue weighted by Gasteiger charge is -2.27. The molecule has 0 aliphatic carbocycles. The van der Waals surface area contributed by atoms with Crippen LogP contribution in [0.15, 0.2) is 24.3 Å². The molecule has 5 nitrogen and oxygen atoms in total. The molecule has 2 unspecified atom stereocenters. The van der Waals surface area contributed by atoms with Crippen LogP contribution in [0.5, 0.6) is 5.75 Å². The van der Waals surface area contributed by atoms with Crippen LogP contribution < -0.4 is 10.1 Å². The van der Waals surface area contributed by atoms with Crippen LogP contribution in [0.25, 0.3) is 0 Å². The molecule has 1 aromatic rings. The van der Waals surface area contributed by atoms with Crippen molar-refractivity contribution in [2.24, 2.45) is 5.92 Å². The lowest BCUT2D eigenvalue weighted by molar-refractivity contribution is 0.200. The third-order valence-corrected chi connectivity index (χ3v) is 4.28. The summed E-state index contributed by atoms with van der Waals surface area (Å²) in [6, 6.07) is 8.08. The van der Waals surface area contributed by atoms with E-state index in [1.165, 1.54) is 0 Å². The average Bonchev–Trinajstić information content (AvgIpc) is 2.94. The predicted octanol–water partition coefficient (Wildman–Crippen LogP) is 2.35. The van der Waals surface area contributed by atoms with Crippen molar-refractivity contribution >= 4 is 6.03 Å². The number of carbonyl (C=O) groups is 1. The Bertz CT molecular complexity index is 504. The lowest BCUT2D eigenvalue weighted by Crippen LogP contribution is -2.42. The van der Waals surface area contributed by atoms with E-state index in [4.69, 9.17) is 4.74 Å². The molecule has 1 heterocycles. The number of hydrogen-bond donors (Lipinski definition) is 1. The van der Waals surface area contributed by atoms with E-state index in [9.17, 15) is 4.79 Å². The van der Waals surface area contributed by atoms with Crippen LogP contribution in [-0.2, 0) is 0 Å². The first-order valence-electron chi connectivity index (χ1n) is 7.85. The topological polar surface area (TPSA) is 44.8 Å². The number of likely N-dealkylation sites (tertiary alicyclic amines) is 1. The lowest BCUT2D eigenvalue weighted by atomic mass is 10.0. The third kappa shape index (κ3) is 3.91. The summed E-state index contributed by atoms with van der Waals surface area (Å²) in [5.74, 6) is 1.45. The van der Waals surface area contributed by atoms with Crippen LogP contribution in [0.3, 0.4) is 0 Å². The van der Waals surface area contributed by atoms with E-state index >= 15 is 0 Å². The molecule has 2 atom stereocenters. The van der Waals surface area contributed by atoms with Gasteiger partial charge in [0.15, 0.2) is 0 Å². The molecule has 0 bridgehead atoms. The van der Waals surface area contributed by atoms with Crippen LogP contribution in [0.4, 0.5) is 4.79 Å². The quantitative estimate of drug-likeness (QED) is 0.908. The molecule has 1 N–H and O–H groups in total. The molecule has 0 aromatic heterocycles. The first kappa shape index (κ1) is 16.6. The number of carbonyl (C=O) groups excluding carboxylic acids is 1. The Balaban J connectivity index is 2.02. The zero-order chi connectivity index (χ0) is 16.1. The second kappa shape index (κ2) is 7.49. The highest BCUT2D eigenvalue weighted by atomic mass is 16.5. The third-order valence-electron chi connectivity index (χ3n) is 4.28. The number of urea groups is 1. The van der Waals surface area contributed by atoms with Gasteiger partial charge in [0, 0.05) is 25.2 Å². The van der Waals surface area contributed by atoms with E-state index in [1.54, 1.807) is 7.11 Å². The summed E-state index contributed by atoms with van der Waals surface area (Å²) in [5, 5.41) is 3.07. The van der Waals surface area contributed by atoms with Crippen molar-refractivity contribution < 1.29 is 9.53 Å². The fourth-order valence-corrected chi connectivity index (χ4v) is 2.93. The number of nitrogens with one attached hydrogen (secondary N) is 1. The molecule has 1 saturated heterocycles. The molecule has 0 spiro atoms. The average molecular weight is 305 g/mol. The first-order valence-corrected chi connectivity index (χ1v) is 7.85. The summed E-state index contributed by atoms with van der Waals surface area (Å²) >= 11 is 0. The highest BCUT2D eigenvalue weighted by Crippen LogP contribution is 2.27. The summed E-state index contributed by atoms with van der Waals surface area (Å²) in [6.07, 6.45) is 1.09. The van der Waals surface area contributed by atoms with E-state index in [0.29, 0.717) is 12.5 Å². The number of rotatable bonds is 5. The molecule has 1 aliphatic heterocycles. The molecule has 5 heteroatoms. The standard InChI is InChI=1S/C17H27N3O2/c1-13-9-10-20(12-13)17(21)18-11-15(19(2)3)14-7-5-6-8-16(14)22-4/h5-8,13,15H,9-12H2,1-4H3,(H,18,21). The number of likely N-dealkylation sites (N-methyl/N-ethyl adjacent to an activating group) is 1. The van der Waals surface area contributed by atoms with Crippen molar-refractivity contribution in [3.63, 3.8) is 0 Å². The Labute approximate surface area is 133 Å². The Morgan fingerprint density at radius 3 is 2.77 bits per heavy atom. The molecule has 122 valence electrons. The van der Waals surface area contributed by atoms with Gasteiger partial charge in [0.1, 0.15) is 5.75 Å². The van der Waals surface area contributed by atoms with Crippen molar-refractivity contribution in [2.45, 2.75) is 19.4 Å². The maximum Gasteiger partial charge on any atom is 0.317 e. The molecule has 1 fully saturated rings. The van der Waals surface area contributed by atoms with E-state index < -0.39 is 0 Å². The molecule has 1 aromatic carbocycles. The minimum Gasteiger partial charge on any atom is -0.496 e. The Morgan fingerprint density at radius 2 is 2.18 bits per heavy atom. The van der Waals surface area contributed by atoms with Crippen molar-refractivity contribution in [3.05, 3.63) is 29.8 Å². The van der Waals surface area contributed by atoms with E-state index in [0.717, 1.165) is 30.8 Å². The highest BCUT2D eigenvalue weighted by molar-refractivity contribution is 5.74. The predicted molar refractivity (Wildman–Crippen MR) is 88.2 cm³/mol. The SMILES string of the molecule is COc1ccccc1C(CNC(=O)N1CCC(C)C1)N(C)C. The van der Waals surface area contributed by atoms with Gasteiger partial charge in [0.05, 0.1) is 13.2 Å². The maximum atomic E-state index is 12.3. The number of ether oxygens (including phenoxy) is 1. The largest absolute Gasteiger partial charge is 0.496 e. The number of para-hydroxylation sites is 1. The van der Waals surface area contributed by atoms with Gasteiger partial charge in [-0.25, -0.2) is 4.79 Å². The zero-order valence-corrected chi connectivity index (χ0v) is 14.0. The highest BCUT2D eigenvalue weighted by Gasteiger charge is 2.25. The van der Waals surface area contributed by atoms with Crippen LogP contribution in [0, 0.1) is 5.92 Å². The molecular formula is C17H27N3O2. The van der Waals surface area contributed by atoms with E-state index in [2.05, 4.69) is 17.1 Å². The van der Waals surface area contributed by atoms with Crippen LogP contribution in [0.1, 0.15) is 24.9 Å². The zero-order valence-electron chi connectivity index (χ0n) is 14.0. The summed E-state index contributed by atoms with van der Waals surface area (Å²) in [6.45, 7) is 4.46. The van der Waals surface area contributed by atoms with Gasteiger partial charge in [0.2, 0.25) is 0 Å². The molecule has 22 heavy (non-hydrogen) atoms. The monoisotopic (exact) mass is 305 g/mol. The van der Waals surface area contributed by atoms with Gasteiger partial charge in [-0.1, -0.05) is 25.1 Å². The second-order valence-corrected chi connectivity index (χ2v) is 6.25. The summed E-state index contributed by atoms with van der Waals surface area (Å²) < 4.78 is 5.45. The van der Waals surface area contributed by atoms with Crippen molar-refractivity contribution in [1.29, 1.82) is 0 Å². The summed E-state index contributed by atoms with van der Waals surface area (Å²) in [5.41, 5.74) is 1.09. The van der Waals surface area contributed by atoms with Gasteiger partial charge in [-0.05, 0) is 32.5 Å². The minimum atomic E-state index is 0.0334. The van der Waals surface area contributed by atoms with Gasteiger partial charge in [-0.15, -0.1) is 0 Å². The van der Waals surface area contributed by atoms with Crippen molar-refractivity contribution in [1.82, 2.24) is 15.1 Å². The van der Waals surface area contributed by atoms with Crippen LogP contribution in [-0.4, -0.2) is 56.7 Å². The van der Waals surface area contributed by atoms with E-state index in [1.807, 2.05) is 43.3 Å². The Kier molecular flexibility index (Phi) is 5.66. The second-order valence-electron chi connectivity index (χ2n) is 6.25. The molecule has 0 saturated carbocycles. The Hall–Kier alpha value is -1.75. The Morgan fingerprint density at radius 1 is 1.45 bits per heavy atom. The van der Waals surface area contributed by atoms with Gasteiger partial charge < -0.3 is 19.9 Å². The smallest absolute Gasteiger partial charge is 0.317 e. The normalized spacial score (nSPS) is 19.3. The first-order chi connectivity index (χ1) is 10.5. The molecule has 2 amide bonds. The fraction of sp³-hybridized carbons (Fsp3) is 0.588. The molecular weight excluding hydrogens is 278 g/mol. The van der Waals surface area contributed by atoms with Gasteiger partial charge in [-0.3, -0.25) is 0 Å².